The third-order valence-electron chi connectivity index (χ3n) is 2.83. The number of nitrogens with zero attached hydrogens (tertiary/aromatic N) is 1. The number of hydrogen-bond acceptors (Lipinski definition) is 5. The number of Topliss-reactive ketones (excluding diaryl/α,β-unsaturated/α-hetero) is 1. The summed E-state index contributed by atoms with van der Waals surface area (Å²) in [5.74, 6) is -0.511. The first-order valence-corrected chi connectivity index (χ1v) is 7.81. The van der Waals surface area contributed by atoms with E-state index in [-0.39, 0.29) is 23.5 Å². The molecule has 1 aromatic heterocycles. The van der Waals surface area contributed by atoms with E-state index < -0.39 is 5.41 Å². The van der Waals surface area contributed by atoms with Gasteiger partial charge in [0.1, 0.15) is 0 Å². The lowest BCUT2D eigenvalue weighted by Crippen LogP contribution is -2.38. The van der Waals surface area contributed by atoms with E-state index in [1.165, 1.54) is 11.3 Å². The standard InChI is InChI=1S/C14H15NO3S2/c1-14(2,3)11(16)8-15-12(17)10(20-13(15)18)7-9-5-4-6-19-9/h4-7H,8H2,1-3H3/b10-7-. The molecule has 0 aliphatic carbocycles. The van der Waals surface area contributed by atoms with Crippen LogP contribution in [0.15, 0.2) is 22.4 Å². The van der Waals surface area contributed by atoms with E-state index in [4.69, 9.17) is 0 Å². The molecule has 0 atom stereocenters. The quantitative estimate of drug-likeness (QED) is 0.803. The van der Waals surface area contributed by atoms with Crippen molar-refractivity contribution in [2.45, 2.75) is 20.8 Å². The molecular weight excluding hydrogens is 294 g/mol. The fourth-order valence-corrected chi connectivity index (χ4v) is 3.08. The molecule has 1 aliphatic heterocycles. The van der Waals surface area contributed by atoms with Crippen LogP contribution >= 0.6 is 23.1 Å². The van der Waals surface area contributed by atoms with Crippen molar-refractivity contribution in [3.05, 3.63) is 27.3 Å². The van der Waals surface area contributed by atoms with Gasteiger partial charge in [0, 0.05) is 10.3 Å². The Bertz CT molecular complexity index is 582. The Balaban J connectivity index is 2.16. The lowest BCUT2D eigenvalue weighted by atomic mass is 9.90. The third-order valence-corrected chi connectivity index (χ3v) is 4.56. The molecule has 0 unspecified atom stereocenters. The van der Waals surface area contributed by atoms with E-state index in [9.17, 15) is 14.4 Å². The summed E-state index contributed by atoms with van der Waals surface area (Å²) < 4.78 is 0. The topological polar surface area (TPSA) is 54.5 Å². The smallest absolute Gasteiger partial charge is 0.293 e. The Kier molecular flexibility index (Phi) is 4.15. The van der Waals surface area contributed by atoms with Crippen LogP contribution in [0.3, 0.4) is 0 Å². The van der Waals surface area contributed by atoms with Crippen LogP contribution in [0, 0.1) is 5.41 Å². The normalized spacial score (nSPS) is 18.1. The van der Waals surface area contributed by atoms with Gasteiger partial charge in [-0.25, -0.2) is 0 Å². The van der Waals surface area contributed by atoms with Gasteiger partial charge < -0.3 is 0 Å². The molecule has 1 aliphatic rings. The molecule has 2 rings (SSSR count). The van der Waals surface area contributed by atoms with Crippen molar-refractivity contribution < 1.29 is 14.4 Å². The minimum absolute atomic E-state index is 0.128. The van der Waals surface area contributed by atoms with Gasteiger partial charge in [-0.2, -0.15) is 0 Å². The van der Waals surface area contributed by atoms with Gasteiger partial charge in [0.2, 0.25) is 0 Å². The predicted molar refractivity (Wildman–Crippen MR) is 81.5 cm³/mol. The lowest BCUT2D eigenvalue weighted by Gasteiger charge is -2.20. The Morgan fingerprint density at radius 1 is 1.35 bits per heavy atom. The average molecular weight is 309 g/mol. The summed E-state index contributed by atoms with van der Waals surface area (Å²) >= 11 is 2.38. The molecule has 20 heavy (non-hydrogen) atoms. The molecule has 0 aromatic carbocycles. The zero-order chi connectivity index (χ0) is 14.9. The van der Waals surface area contributed by atoms with E-state index in [0.29, 0.717) is 4.91 Å². The first kappa shape index (κ1) is 15.0. The number of hydrogen-bond donors (Lipinski definition) is 0. The van der Waals surface area contributed by atoms with E-state index in [0.717, 1.165) is 21.5 Å². The van der Waals surface area contributed by atoms with Crippen molar-refractivity contribution in [2.75, 3.05) is 6.54 Å². The van der Waals surface area contributed by atoms with Crippen molar-refractivity contribution in [1.82, 2.24) is 4.90 Å². The second-order valence-electron chi connectivity index (χ2n) is 5.46. The maximum atomic E-state index is 12.2. The average Bonchev–Trinajstić information content (AvgIpc) is 2.92. The minimum Gasteiger partial charge on any atom is -0.297 e. The van der Waals surface area contributed by atoms with Gasteiger partial charge >= 0.3 is 0 Å². The van der Waals surface area contributed by atoms with Crippen molar-refractivity contribution in [1.29, 1.82) is 0 Å². The van der Waals surface area contributed by atoms with Gasteiger partial charge in [-0.3, -0.25) is 19.3 Å². The molecule has 0 bridgehead atoms. The van der Waals surface area contributed by atoms with Gasteiger partial charge in [-0.15, -0.1) is 11.3 Å². The molecule has 106 valence electrons. The first-order valence-electron chi connectivity index (χ1n) is 6.11. The summed E-state index contributed by atoms with van der Waals surface area (Å²) in [7, 11) is 0. The Hall–Kier alpha value is -1.40. The zero-order valence-corrected chi connectivity index (χ0v) is 13.1. The molecule has 0 spiro atoms. The van der Waals surface area contributed by atoms with Crippen LogP contribution in [0.4, 0.5) is 4.79 Å². The highest BCUT2D eigenvalue weighted by atomic mass is 32.2. The molecule has 1 aromatic rings. The number of ketones is 1. The SMILES string of the molecule is CC(C)(C)C(=O)CN1C(=O)S/C(=C\c2cccs2)C1=O. The molecule has 6 heteroatoms. The minimum atomic E-state index is -0.564. The van der Waals surface area contributed by atoms with Crippen molar-refractivity contribution in [2.24, 2.45) is 5.41 Å². The van der Waals surface area contributed by atoms with Crippen LogP contribution in [0.5, 0.6) is 0 Å². The van der Waals surface area contributed by atoms with Gasteiger partial charge in [0.05, 0.1) is 11.4 Å². The summed E-state index contributed by atoms with van der Waals surface area (Å²) in [5, 5.41) is 1.52. The first-order chi connectivity index (χ1) is 9.29. The summed E-state index contributed by atoms with van der Waals surface area (Å²) in [6.45, 7) is 5.16. The lowest BCUT2D eigenvalue weighted by molar-refractivity contribution is -0.132. The van der Waals surface area contributed by atoms with Crippen LogP contribution in [-0.2, 0) is 9.59 Å². The van der Waals surface area contributed by atoms with Crippen LogP contribution in [0.1, 0.15) is 25.6 Å². The van der Waals surface area contributed by atoms with Crippen LogP contribution < -0.4 is 0 Å². The van der Waals surface area contributed by atoms with Crippen LogP contribution in [0.2, 0.25) is 0 Å². The third kappa shape index (κ3) is 3.19. The van der Waals surface area contributed by atoms with Crippen molar-refractivity contribution in [3.8, 4) is 0 Å². The Morgan fingerprint density at radius 2 is 2.05 bits per heavy atom. The highest BCUT2D eigenvalue weighted by Gasteiger charge is 2.38. The molecular formula is C14H15NO3S2. The summed E-state index contributed by atoms with van der Waals surface area (Å²) in [5.41, 5.74) is -0.564. The maximum absolute atomic E-state index is 12.2. The molecule has 4 nitrogen and oxygen atoms in total. The summed E-state index contributed by atoms with van der Waals surface area (Å²) in [6, 6.07) is 3.75. The van der Waals surface area contributed by atoms with Gasteiger partial charge in [-0.1, -0.05) is 26.8 Å². The molecule has 0 saturated carbocycles. The largest absolute Gasteiger partial charge is 0.297 e. The fourth-order valence-electron chi connectivity index (χ4n) is 1.52. The number of thioether (sulfide) groups is 1. The zero-order valence-electron chi connectivity index (χ0n) is 11.5. The fraction of sp³-hybridized carbons (Fsp3) is 0.357. The second-order valence-corrected chi connectivity index (χ2v) is 7.43. The monoisotopic (exact) mass is 309 g/mol. The molecule has 2 heterocycles. The highest BCUT2D eigenvalue weighted by molar-refractivity contribution is 8.18. The van der Waals surface area contributed by atoms with Crippen molar-refractivity contribution >= 4 is 46.1 Å². The number of thiophene rings is 1. The molecule has 0 N–H and O–H groups in total. The van der Waals surface area contributed by atoms with Crippen LogP contribution in [0.25, 0.3) is 6.08 Å². The van der Waals surface area contributed by atoms with Gasteiger partial charge in [0.25, 0.3) is 11.1 Å². The van der Waals surface area contributed by atoms with E-state index in [1.807, 2.05) is 17.5 Å². The van der Waals surface area contributed by atoms with E-state index >= 15 is 0 Å². The Morgan fingerprint density at radius 3 is 2.60 bits per heavy atom. The van der Waals surface area contributed by atoms with Gasteiger partial charge in [0.15, 0.2) is 5.78 Å². The van der Waals surface area contributed by atoms with Gasteiger partial charge in [-0.05, 0) is 29.3 Å². The molecule has 0 radical (unpaired) electrons. The van der Waals surface area contributed by atoms with Crippen LogP contribution in [-0.4, -0.2) is 28.4 Å². The number of amides is 2. The summed E-state index contributed by atoms with van der Waals surface area (Å²) in [6.07, 6.45) is 1.69. The number of imide groups is 1. The van der Waals surface area contributed by atoms with E-state index in [2.05, 4.69) is 0 Å². The second kappa shape index (κ2) is 5.54. The predicted octanol–water partition coefficient (Wildman–Crippen LogP) is 3.40. The Labute approximate surface area is 125 Å². The van der Waals surface area contributed by atoms with Crippen molar-refractivity contribution in [3.63, 3.8) is 0 Å². The van der Waals surface area contributed by atoms with E-state index in [1.54, 1.807) is 26.8 Å². The maximum Gasteiger partial charge on any atom is 0.293 e. The highest BCUT2D eigenvalue weighted by Crippen LogP contribution is 2.33. The molecule has 1 fully saturated rings. The molecule has 1 saturated heterocycles. The number of carbonyl (C=O) groups excluding carboxylic acids is 3. The number of rotatable bonds is 3. The number of carbonyl (C=O) groups is 3. The summed E-state index contributed by atoms with van der Waals surface area (Å²) in [4.78, 5) is 38.3. The molecule has 2 amide bonds.